The van der Waals surface area contributed by atoms with Crippen LogP contribution in [-0.4, -0.2) is 11.1 Å². The second-order valence-corrected chi connectivity index (χ2v) is 2.57. The SMILES string of the molecule is Cc1cccc(C)c1C(=O)O.[Cd]. The smallest absolute Gasteiger partial charge is 0.336 e. The van der Waals surface area contributed by atoms with Crippen LogP contribution in [0, 0.1) is 13.8 Å². The van der Waals surface area contributed by atoms with E-state index in [2.05, 4.69) is 0 Å². The van der Waals surface area contributed by atoms with Gasteiger partial charge < -0.3 is 5.11 Å². The van der Waals surface area contributed by atoms with Gasteiger partial charge in [-0.05, 0) is 25.0 Å². The van der Waals surface area contributed by atoms with E-state index < -0.39 is 5.97 Å². The minimum Gasteiger partial charge on any atom is -0.478 e. The van der Waals surface area contributed by atoms with Crippen LogP contribution in [-0.2, 0) is 27.3 Å². The van der Waals surface area contributed by atoms with Crippen LogP contribution in [0.1, 0.15) is 21.5 Å². The monoisotopic (exact) mass is 264 g/mol. The third-order valence-corrected chi connectivity index (χ3v) is 1.69. The second-order valence-electron chi connectivity index (χ2n) is 2.57. The Labute approximate surface area is 91.8 Å². The molecule has 0 aromatic heterocycles. The molecule has 0 atom stereocenters. The zero-order chi connectivity index (χ0) is 8.43. The van der Waals surface area contributed by atoms with E-state index in [0.29, 0.717) is 5.56 Å². The van der Waals surface area contributed by atoms with Crippen molar-refractivity contribution in [3.8, 4) is 0 Å². The van der Waals surface area contributed by atoms with Gasteiger partial charge in [-0.3, -0.25) is 0 Å². The van der Waals surface area contributed by atoms with Gasteiger partial charge in [0.15, 0.2) is 0 Å². The van der Waals surface area contributed by atoms with E-state index in [4.69, 9.17) is 5.11 Å². The minimum absolute atomic E-state index is 0. The molecule has 0 saturated heterocycles. The topological polar surface area (TPSA) is 37.3 Å². The standard InChI is InChI=1S/C9H10O2.Cd/c1-6-4-3-5-7(2)8(6)9(10)11;/h3-5H,1-2H3,(H,10,11);. The average molecular weight is 263 g/mol. The molecule has 0 aliphatic carbocycles. The van der Waals surface area contributed by atoms with Crippen molar-refractivity contribution in [2.75, 3.05) is 0 Å². The van der Waals surface area contributed by atoms with Gasteiger partial charge >= 0.3 is 5.97 Å². The fourth-order valence-corrected chi connectivity index (χ4v) is 1.15. The molecule has 0 fully saturated rings. The van der Waals surface area contributed by atoms with E-state index in [9.17, 15) is 4.79 Å². The third-order valence-electron chi connectivity index (χ3n) is 1.69. The number of aryl methyl sites for hydroxylation is 2. The summed E-state index contributed by atoms with van der Waals surface area (Å²) in [6, 6.07) is 5.46. The van der Waals surface area contributed by atoms with E-state index >= 15 is 0 Å². The Morgan fingerprint density at radius 3 is 1.92 bits per heavy atom. The predicted octanol–water partition coefficient (Wildman–Crippen LogP) is 2.00. The van der Waals surface area contributed by atoms with Crippen LogP contribution in [0.15, 0.2) is 18.2 Å². The van der Waals surface area contributed by atoms with Gasteiger partial charge in [-0.15, -0.1) is 0 Å². The predicted molar refractivity (Wildman–Crippen MR) is 42.9 cm³/mol. The summed E-state index contributed by atoms with van der Waals surface area (Å²) >= 11 is 0. The Balaban J connectivity index is 0.00000121. The van der Waals surface area contributed by atoms with Crippen LogP contribution < -0.4 is 0 Å². The summed E-state index contributed by atoms with van der Waals surface area (Å²) in [5.74, 6) is -0.847. The number of hydrogen-bond donors (Lipinski definition) is 1. The first-order valence-electron chi connectivity index (χ1n) is 3.42. The largest absolute Gasteiger partial charge is 0.478 e. The Bertz CT molecular complexity index is 274. The van der Waals surface area contributed by atoms with E-state index in [-0.39, 0.29) is 27.3 Å². The molecule has 0 aliphatic heterocycles. The van der Waals surface area contributed by atoms with Gasteiger partial charge in [0.25, 0.3) is 0 Å². The summed E-state index contributed by atoms with van der Waals surface area (Å²) in [5, 5.41) is 8.75. The first-order valence-corrected chi connectivity index (χ1v) is 3.42. The minimum atomic E-state index is -0.847. The maximum atomic E-state index is 10.6. The molecule has 3 heteroatoms. The Morgan fingerprint density at radius 1 is 1.25 bits per heavy atom. The van der Waals surface area contributed by atoms with Gasteiger partial charge in [0, 0.05) is 27.3 Å². The average Bonchev–Trinajstić information content (AvgIpc) is 1.85. The van der Waals surface area contributed by atoms with Gasteiger partial charge in [-0.2, -0.15) is 0 Å². The molecular formula is C9H10CdO2. The third kappa shape index (κ3) is 2.30. The van der Waals surface area contributed by atoms with Gasteiger partial charge in [0.05, 0.1) is 5.56 Å². The summed E-state index contributed by atoms with van der Waals surface area (Å²) in [6.07, 6.45) is 0. The molecule has 1 N–H and O–H groups in total. The number of aromatic carboxylic acids is 1. The molecule has 60 valence electrons. The van der Waals surface area contributed by atoms with Crippen molar-refractivity contribution < 1.29 is 37.2 Å². The Hall–Kier alpha value is -0.388. The van der Waals surface area contributed by atoms with Crippen molar-refractivity contribution in [1.82, 2.24) is 0 Å². The quantitative estimate of drug-likeness (QED) is 0.786. The molecule has 0 radical (unpaired) electrons. The van der Waals surface area contributed by atoms with Gasteiger partial charge in [0.2, 0.25) is 0 Å². The molecule has 1 aromatic carbocycles. The van der Waals surface area contributed by atoms with Gasteiger partial charge in [-0.1, -0.05) is 18.2 Å². The van der Waals surface area contributed by atoms with Crippen LogP contribution in [0.2, 0.25) is 0 Å². The molecule has 0 spiro atoms. The van der Waals surface area contributed by atoms with Crippen molar-refractivity contribution in [2.45, 2.75) is 13.8 Å². The maximum absolute atomic E-state index is 10.6. The summed E-state index contributed by atoms with van der Waals surface area (Å²) in [7, 11) is 0. The molecule has 0 unspecified atom stereocenters. The number of carboxylic acids is 1. The number of benzene rings is 1. The van der Waals surface area contributed by atoms with Crippen LogP contribution in [0.3, 0.4) is 0 Å². The zero-order valence-electron chi connectivity index (χ0n) is 7.29. The van der Waals surface area contributed by atoms with Crippen LogP contribution in [0.25, 0.3) is 0 Å². The Kier molecular flexibility index (Phi) is 4.44. The molecule has 1 aromatic rings. The number of rotatable bonds is 1. The first-order chi connectivity index (χ1) is 5.13. The van der Waals surface area contributed by atoms with Crippen molar-refractivity contribution >= 4 is 5.97 Å². The van der Waals surface area contributed by atoms with Crippen LogP contribution >= 0.6 is 0 Å². The fourth-order valence-electron chi connectivity index (χ4n) is 1.15. The fraction of sp³-hybridized carbons (Fsp3) is 0.222. The van der Waals surface area contributed by atoms with Crippen molar-refractivity contribution in [3.63, 3.8) is 0 Å². The summed E-state index contributed by atoms with van der Waals surface area (Å²) in [5.41, 5.74) is 2.06. The molecule has 0 saturated carbocycles. The van der Waals surface area contributed by atoms with Crippen LogP contribution in [0.4, 0.5) is 0 Å². The second kappa shape index (κ2) is 4.59. The molecule has 0 heterocycles. The summed E-state index contributed by atoms with van der Waals surface area (Å²) < 4.78 is 0. The van der Waals surface area contributed by atoms with E-state index in [1.54, 1.807) is 26.0 Å². The number of carboxylic acid groups (broad SMARTS) is 1. The molecule has 12 heavy (non-hydrogen) atoms. The maximum Gasteiger partial charge on any atom is 0.336 e. The van der Waals surface area contributed by atoms with Crippen molar-refractivity contribution in [1.29, 1.82) is 0 Å². The number of hydrogen-bond acceptors (Lipinski definition) is 1. The summed E-state index contributed by atoms with van der Waals surface area (Å²) in [6.45, 7) is 3.60. The summed E-state index contributed by atoms with van der Waals surface area (Å²) in [4.78, 5) is 10.6. The first kappa shape index (κ1) is 11.6. The van der Waals surface area contributed by atoms with Crippen LogP contribution in [0.5, 0.6) is 0 Å². The van der Waals surface area contributed by atoms with Crippen molar-refractivity contribution in [2.24, 2.45) is 0 Å². The molecule has 0 aliphatic rings. The van der Waals surface area contributed by atoms with Gasteiger partial charge in [0.1, 0.15) is 0 Å². The van der Waals surface area contributed by atoms with E-state index in [1.807, 2.05) is 6.07 Å². The molecule has 0 amide bonds. The van der Waals surface area contributed by atoms with E-state index in [1.165, 1.54) is 0 Å². The van der Waals surface area contributed by atoms with Crippen molar-refractivity contribution in [3.05, 3.63) is 34.9 Å². The zero-order valence-corrected chi connectivity index (χ0v) is 11.3. The van der Waals surface area contributed by atoms with Gasteiger partial charge in [-0.25, -0.2) is 4.79 Å². The molecule has 1 rings (SSSR count). The Morgan fingerprint density at radius 2 is 1.67 bits per heavy atom. The molecular weight excluding hydrogens is 253 g/mol. The number of carbonyl (C=O) groups is 1. The molecule has 0 bridgehead atoms. The molecule has 2 nitrogen and oxygen atoms in total. The normalized spacial score (nSPS) is 8.83. The van der Waals surface area contributed by atoms with E-state index in [0.717, 1.165) is 11.1 Å².